The molecule has 8 heteroatoms. The number of nitrogens with two attached hydrogens (primary N) is 1. The van der Waals surface area contributed by atoms with Crippen LogP contribution in [0.1, 0.15) is 80.4 Å². The van der Waals surface area contributed by atoms with Gasteiger partial charge >= 0.3 is 0 Å². The third-order valence-corrected chi connectivity index (χ3v) is 7.80. The van der Waals surface area contributed by atoms with Crippen LogP contribution in [0, 0.1) is 18.7 Å². The van der Waals surface area contributed by atoms with Crippen molar-refractivity contribution in [1.29, 1.82) is 0 Å². The van der Waals surface area contributed by atoms with Gasteiger partial charge in [-0.15, -0.1) is 0 Å². The van der Waals surface area contributed by atoms with Crippen molar-refractivity contribution in [3.63, 3.8) is 0 Å². The lowest BCUT2D eigenvalue weighted by molar-refractivity contribution is 0.0857. The van der Waals surface area contributed by atoms with E-state index in [0.29, 0.717) is 29.4 Å². The Balaban J connectivity index is 1.15. The standard InChI is InChI=1S/C30H24F2N4O2/c1-14-23(20(15-2-3-15)10-27(33)36-14)12-35-30(37)17-5-7-19-22(9-17)29-21-8-16(4-6-18(21)28(19)38-29)24-13-34-26(32)11-25(24)31/h4-11,13,15,28-29H,2-3,12H2,1H3,(H2,33,36)(H,35,37)/t28-,29+/m0/s1. The number of aromatic nitrogens is 2. The second-order valence-electron chi connectivity index (χ2n) is 10.2. The summed E-state index contributed by atoms with van der Waals surface area (Å²) in [5, 5.41) is 3.05. The molecule has 1 aliphatic carbocycles. The van der Waals surface area contributed by atoms with Crippen LogP contribution in [0.25, 0.3) is 11.1 Å². The van der Waals surface area contributed by atoms with Crippen LogP contribution in [0.5, 0.6) is 0 Å². The maximum absolute atomic E-state index is 14.4. The van der Waals surface area contributed by atoms with Crippen LogP contribution >= 0.6 is 0 Å². The summed E-state index contributed by atoms with van der Waals surface area (Å²) in [5.74, 6) is -0.710. The number of fused-ring (bicyclic) bond motifs is 8. The molecule has 38 heavy (non-hydrogen) atoms. The highest BCUT2D eigenvalue weighted by atomic mass is 19.1. The first-order chi connectivity index (χ1) is 18.4. The van der Waals surface area contributed by atoms with Gasteiger partial charge in [-0.3, -0.25) is 4.79 Å². The molecule has 2 bridgehead atoms. The van der Waals surface area contributed by atoms with Gasteiger partial charge in [-0.2, -0.15) is 4.39 Å². The Morgan fingerprint density at radius 3 is 2.50 bits per heavy atom. The number of nitrogens with zero attached hydrogens (tertiary/aromatic N) is 2. The molecule has 1 fully saturated rings. The zero-order valence-electron chi connectivity index (χ0n) is 20.6. The van der Waals surface area contributed by atoms with E-state index in [9.17, 15) is 13.6 Å². The van der Waals surface area contributed by atoms with E-state index in [1.807, 2.05) is 43.3 Å². The van der Waals surface area contributed by atoms with Gasteiger partial charge in [-0.1, -0.05) is 18.2 Å². The van der Waals surface area contributed by atoms with Crippen LogP contribution in [0.4, 0.5) is 14.6 Å². The molecule has 2 aliphatic heterocycles. The van der Waals surface area contributed by atoms with E-state index >= 15 is 0 Å². The molecule has 0 unspecified atom stereocenters. The Morgan fingerprint density at radius 1 is 1.00 bits per heavy atom. The lowest BCUT2D eigenvalue weighted by atomic mass is 9.84. The zero-order chi connectivity index (χ0) is 26.1. The van der Waals surface area contributed by atoms with Gasteiger partial charge in [0.25, 0.3) is 5.91 Å². The molecule has 1 amide bonds. The van der Waals surface area contributed by atoms with Gasteiger partial charge in [0.1, 0.15) is 23.8 Å². The fourth-order valence-corrected chi connectivity index (χ4v) is 5.78. The molecule has 4 aromatic rings. The number of carbonyl (C=O) groups excluding carboxylic acids is 1. The van der Waals surface area contributed by atoms with E-state index in [4.69, 9.17) is 10.5 Å². The van der Waals surface area contributed by atoms with Crippen LogP contribution in [-0.4, -0.2) is 15.9 Å². The predicted octanol–water partition coefficient (Wildman–Crippen LogP) is 5.64. The highest BCUT2D eigenvalue weighted by molar-refractivity contribution is 5.94. The second kappa shape index (κ2) is 8.43. The van der Waals surface area contributed by atoms with E-state index in [2.05, 4.69) is 15.3 Å². The van der Waals surface area contributed by atoms with Gasteiger partial charge in [0.05, 0.1) is 0 Å². The lowest BCUT2D eigenvalue weighted by Gasteiger charge is -2.18. The van der Waals surface area contributed by atoms with Gasteiger partial charge in [0.2, 0.25) is 5.95 Å². The summed E-state index contributed by atoms with van der Waals surface area (Å²) in [5.41, 5.74) is 14.3. The van der Waals surface area contributed by atoms with Crippen LogP contribution < -0.4 is 11.1 Å². The number of nitrogen functional groups attached to an aromatic ring is 1. The maximum atomic E-state index is 14.4. The van der Waals surface area contributed by atoms with Crippen molar-refractivity contribution < 1.29 is 18.3 Å². The predicted molar refractivity (Wildman–Crippen MR) is 137 cm³/mol. The van der Waals surface area contributed by atoms with Gasteiger partial charge in [-0.05, 0) is 88.9 Å². The molecule has 0 radical (unpaired) electrons. The number of halogens is 2. The highest BCUT2D eigenvalue weighted by Gasteiger charge is 2.43. The summed E-state index contributed by atoms with van der Waals surface area (Å²) >= 11 is 0. The van der Waals surface area contributed by atoms with E-state index in [0.717, 1.165) is 52.4 Å². The molecule has 190 valence electrons. The molecule has 0 saturated heterocycles. The summed E-state index contributed by atoms with van der Waals surface area (Å²) in [6, 6.07) is 13.9. The van der Waals surface area contributed by atoms with Crippen molar-refractivity contribution in [2.24, 2.45) is 0 Å². The minimum absolute atomic E-state index is 0.179. The molecular formula is C30H24F2N4O2. The van der Waals surface area contributed by atoms with Gasteiger partial charge < -0.3 is 15.8 Å². The zero-order valence-corrected chi connectivity index (χ0v) is 20.6. The van der Waals surface area contributed by atoms with Crippen LogP contribution in [0.15, 0.2) is 54.7 Å². The molecular weight excluding hydrogens is 486 g/mol. The van der Waals surface area contributed by atoms with Gasteiger partial charge in [0, 0.05) is 35.6 Å². The third kappa shape index (κ3) is 3.67. The van der Waals surface area contributed by atoms with Crippen LogP contribution in [0.2, 0.25) is 0 Å². The normalized spacial score (nSPS) is 18.8. The molecule has 3 N–H and O–H groups in total. The average Bonchev–Trinajstić information content (AvgIpc) is 3.59. The molecule has 1 saturated carbocycles. The summed E-state index contributed by atoms with van der Waals surface area (Å²) in [7, 11) is 0. The van der Waals surface area contributed by atoms with Gasteiger partial charge in [0.15, 0.2) is 0 Å². The van der Waals surface area contributed by atoms with Crippen molar-refractivity contribution in [1.82, 2.24) is 15.3 Å². The second-order valence-corrected chi connectivity index (χ2v) is 10.2. The molecule has 3 aliphatic rings. The Hall–Kier alpha value is -4.17. The summed E-state index contributed by atoms with van der Waals surface area (Å²) in [4.78, 5) is 21.2. The molecule has 2 atom stereocenters. The van der Waals surface area contributed by atoms with Crippen molar-refractivity contribution in [2.75, 3.05) is 5.73 Å². The van der Waals surface area contributed by atoms with Crippen molar-refractivity contribution in [2.45, 2.75) is 44.4 Å². The van der Waals surface area contributed by atoms with E-state index < -0.39 is 11.8 Å². The monoisotopic (exact) mass is 510 g/mol. The number of amides is 1. The van der Waals surface area contributed by atoms with E-state index in [-0.39, 0.29) is 23.7 Å². The molecule has 6 nitrogen and oxygen atoms in total. The molecule has 4 heterocycles. The Labute approximate surface area is 217 Å². The highest BCUT2D eigenvalue weighted by Crippen LogP contribution is 2.55. The smallest absolute Gasteiger partial charge is 0.251 e. The van der Waals surface area contributed by atoms with E-state index in [1.165, 1.54) is 11.8 Å². The molecule has 2 aromatic carbocycles. The summed E-state index contributed by atoms with van der Waals surface area (Å²) in [6.07, 6.45) is 2.86. The van der Waals surface area contributed by atoms with E-state index in [1.54, 1.807) is 6.07 Å². The molecule has 2 aromatic heterocycles. The number of hydrogen-bond donors (Lipinski definition) is 2. The topological polar surface area (TPSA) is 90.1 Å². The number of aryl methyl sites for hydroxylation is 1. The number of pyridine rings is 2. The minimum Gasteiger partial charge on any atom is -0.384 e. The van der Waals surface area contributed by atoms with Crippen LogP contribution in [-0.2, 0) is 11.3 Å². The summed E-state index contributed by atoms with van der Waals surface area (Å²) in [6.45, 7) is 2.31. The Morgan fingerprint density at radius 2 is 1.74 bits per heavy atom. The van der Waals surface area contributed by atoms with Crippen molar-refractivity contribution >= 4 is 11.7 Å². The number of ether oxygens (including phenoxy) is 1. The molecule has 0 spiro atoms. The first kappa shape index (κ1) is 23.0. The average molecular weight is 511 g/mol. The number of benzene rings is 2. The first-order valence-corrected chi connectivity index (χ1v) is 12.7. The maximum Gasteiger partial charge on any atom is 0.251 e. The minimum atomic E-state index is -0.860. The van der Waals surface area contributed by atoms with Crippen LogP contribution in [0.3, 0.4) is 0 Å². The van der Waals surface area contributed by atoms with Crippen molar-refractivity contribution in [3.05, 3.63) is 111 Å². The number of rotatable bonds is 5. The third-order valence-electron chi connectivity index (χ3n) is 7.80. The number of nitrogens with one attached hydrogen (secondary N) is 1. The number of hydrogen-bond acceptors (Lipinski definition) is 5. The summed E-state index contributed by atoms with van der Waals surface area (Å²) < 4.78 is 34.0. The SMILES string of the molecule is Cc1nc(N)cc(C2CC2)c1CNC(=O)c1ccc2c(c1)[C@@H]1O[C@H]2c2ccc(-c3cnc(F)cc3F)cc21. The quantitative estimate of drug-likeness (QED) is 0.339. The van der Waals surface area contributed by atoms with Crippen molar-refractivity contribution in [3.8, 4) is 11.1 Å². The fraction of sp³-hybridized carbons (Fsp3) is 0.233. The largest absolute Gasteiger partial charge is 0.384 e. The lowest BCUT2D eigenvalue weighted by Crippen LogP contribution is -2.24. The fourth-order valence-electron chi connectivity index (χ4n) is 5.78. The Kier molecular flexibility index (Phi) is 5.10. The number of carbonyl (C=O) groups is 1. The Bertz CT molecular complexity index is 1650. The first-order valence-electron chi connectivity index (χ1n) is 12.7. The number of anilines is 1. The molecule has 7 rings (SSSR count). The van der Waals surface area contributed by atoms with Gasteiger partial charge in [-0.25, -0.2) is 14.4 Å².